The molecule has 1 atom stereocenters. The Bertz CT molecular complexity index is 363. The largest absolute Gasteiger partial charge is 0.326 e. The van der Waals surface area contributed by atoms with E-state index in [4.69, 9.17) is 22.9 Å². The summed E-state index contributed by atoms with van der Waals surface area (Å²) in [6.45, 7) is 10.1. The van der Waals surface area contributed by atoms with Gasteiger partial charge in [0.2, 0.25) is 0 Å². The van der Waals surface area contributed by atoms with Crippen molar-refractivity contribution in [1.29, 1.82) is 0 Å². The van der Waals surface area contributed by atoms with Crippen molar-refractivity contribution in [3.05, 3.63) is 35.4 Å². The molecule has 1 aromatic rings. The average molecular weight is 294 g/mol. The van der Waals surface area contributed by atoms with E-state index in [9.17, 15) is 0 Å². The SMILES string of the molecule is CC(CC(N)N)CC(C)(C)C.NCc1cccc(CN)c1. The van der Waals surface area contributed by atoms with Crippen LogP contribution in [0.15, 0.2) is 24.3 Å². The van der Waals surface area contributed by atoms with Gasteiger partial charge in [-0.15, -0.1) is 0 Å². The quantitative estimate of drug-likeness (QED) is 0.625. The molecule has 0 aliphatic rings. The zero-order chi connectivity index (χ0) is 16.5. The van der Waals surface area contributed by atoms with Crippen molar-refractivity contribution in [2.75, 3.05) is 0 Å². The molecular weight excluding hydrogens is 260 g/mol. The van der Waals surface area contributed by atoms with Crippen LogP contribution < -0.4 is 22.9 Å². The van der Waals surface area contributed by atoms with E-state index < -0.39 is 0 Å². The third-order valence-electron chi connectivity index (χ3n) is 3.10. The minimum absolute atomic E-state index is 0.146. The van der Waals surface area contributed by atoms with Crippen molar-refractivity contribution >= 4 is 0 Å². The molecule has 0 amide bonds. The van der Waals surface area contributed by atoms with Crippen LogP contribution in [0.4, 0.5) is 0 Å². The fourth-order valence-corrected chi connectivity index (χ4v) is 2.48. The second-order valence-corrected chi connectivity index (χ2v) is 7.00. The molecule has 0 radical (unpaired) electrons. The molecule has 122 valence electrons. The molecule has 1 aromatic carbocycles. The Hall–Kier alpha value is -0.940. The molecule has 0 heterocycles. The summed E-state index contributed by atoms with van der Waals surface area (Å²) in [5.41, 5.74) is 24.5. The van der Waals surface area contributed by atoms with E-state index in [2.05, 4.69) is 27.7 Å². The van der Waals surface area contributed by atoms with Gasteiger partial charge in [-0.1, -0.05) is 52.0 Å². The second kappa shape index (κ2) is 9.90. The van der Waals surface area contributed by atoms with E-state index in [1.165, 1.54) is 6.42 Å². The topological polar surface area (TPSA) is 104 Å². The Morgan fingerprint density at radius 3 is 1.81 bits per heavy atom. The lowest BCUT2D eigenvalue weighted by Gasteiger charge is -2.24. The van der Waals surface area contributed by atoms with Gasteiger partial charge in [-0.05, 0) is 35.3 Å². The van der Waals surface area contributed by atoms with E-state index in [0.29, 0.717) is 24.4 Å². The zero-order valence-corrected chi connectivity index (χ0v) is 14.1. The highest BCUT2D eigenvalue weighted by Crippen LogP contribution is 2.25. The predicted octanol–water partition coefficient (Wildman–Crippen LogP) is 2.30. The van der Waals surface area contributed by atoms with Crippen LogP contribution in [0.2, 0.25) is 0 Å². The summed E-state index contributed by atoms with van der Waals surface area (Å²) >= 11 is 0. The summed E-state index contributed by atoms with van der Waals surface area (Å²) in [6, 6.07) is 8.00. The van der Waals surface area contributed by atoms with Gasteiger partial charge in [-0.2, -0.15) is 0 Å². The maximum Gasteiger partial charge on any atom is 0.0523 e. The highest BCUT2D eigenvalue weighted by molar-refractivity contribution is 5.22. The maximum atomic E-state index is 5.49. The lowest BCUT2D eigenvalue weighted by atomic mass is 9.84. The first-order chi connectivity index (χ1) is 9.67. The summed E-state index contributed by atoms with van der Waals surface area (Å²) in [5.74, 6) is 0.634. The smallest absolute Gasteiger partial charge is 0.0523 e. The average Bonchev–Trinajstić information content (AvgIpc) is 2.36. The Kier molecular flexibility index (Phi) is 9.46. The van der Waals surface area contributed by atoms with Crippen molar-refractivity contribution in [3.8, 4) is 0 Å². The molecule has 1 unspecified atom stereocenters. The molecule has 8 N–H and O–H groups in total. The lowest BCUT2D eigenvalue weighted by molar-refractivity contribution is 0.286. The van der Waals surface area contributed by atoms with E-state index in [1.54, 1.807) is 0 Å². The Morgan fingerprint density at radius 2 is 1.48 bits per heavy atom. The monoisotopic (exact) mass is 294 g/mol. The van der Waals surface area contributed by atoms with Gasteiger partial charge < -0.3 is 22.9 Å². The van der Waals surface area contributed by atoms with E-state index >= 15 is 0 Å². The van der Waals surface area contributed by atoms with Gasteiger partial charge in [-0.3, -0.25) is 0 Å². The molecule has 0 saturated carbocycles. The first-order valence-corrected chi connectivity index (χ1v) is 7.67. The fourth-order valence-electron chi connectivity index (χ4n) is 2.48. The molecule has 0 bridgehead atoms. The molecule has 0 fully saturated rings. The first kappa shape index (κ1) is 20.1. The Balaban J connectivity index is 0.000000382. The second-order valence-electron chi connectivity index (χ2n) is 7.00. The molecular formula is C17H34N4. The molecule has 0 aromatic heterocycles. The molecule has 0 saturated heterocycles. The van der Waals surface area contributed by atoms with Crippen LogP contribution in [0.25, 0.3) is 0 Å². The summed E-state index contributed by atoms with van der Waals surface area (Å²) in [4.78, 5) is 0. The van der Waals surface area contributed by atoms with Gasteiger partial charge in [0.25, 0.3) is 0 Å². The van der Waals surface area contributed by atoms with E-state index in [0.717, 1.165) is 17.5 Å². The molecule has 4 heteroatoms. The summed E-state index contributed by atoms with van der Waals surface area (Å²) in [5, 5.41) is 0. The Labute approximate surface area is 130 Å². The molecule has 0 spiro atoms. The van der Waals surface area contributed by atoms with Crippen LogP contribution in [-0.4, -0.2) is 6.17 Å². The third-order valence-corrected chi connectivity index (χ3v) is 3.10. The molecule has 0 aliphatic carbocycles. The number of hydrogen-bond donors (Lipinski definition) is 4. The normalized spacial score (nSPS) is 12.8. The maximum absolute atomic E-state index is 5.49. The highest BCUT2D eigenvalue weighted by Gasteiger charge is 2.15. The summed E-state index contributed by atoms with van der Waals surface area (Å²) < 4.78 is 0. The van der Waals surface area contributed by atoms with Crippen molar-refractivity contribution in [2.24, 2.45) is 34.3 Å². The number of nitrogens with two attached hydrogens (primary N) is 4. The minimum Gasteiger partial charge on any atom is -0.326 e. The molecule has 0 aliphatic heterocycles. The van der Waals surface area contributed by atoms with E-state index in [1.807, 2.05) is 24.3 Å². The van der Waals surface area contributed by atoms with Crippen LogP contribution in [0.1, 0.15) is 51.7 Å². The minimum atomic E-state index is -0.146. The van der Waals surface area contributed by atoms with Gasteiger partial charge in [0.1, 0.15) is 0 Å². The first-order valence-electron chi connectivity index (χ1n) is 7.67. The summed E-state index contributed by atoms with van der Waals surface area (Å²) in [6.07, 6.45) is 1.97. The fraction of sp³-hybridized carbons (Fsp3) is 0.647. The van der Waals surface area contributed by atoms with Gasteiger partial charge in [0, 0.05) is 13.1 Å². The lowest BCUT2D eigenvalue weighted by Crippen LogP contribution is -2.32. The standard InChI is InChI=1S/C9H22N2.C8H12N2/c1-7(5-8(10)11)6-9(2,3)4;9-5-7-2-1-3-8(4-7)6-10/h7-8H,5-6,10-11H2,1-4H3;1-4H,5-6,9-10H2. The van der Waals surface area contributed by atoms with Crippen molar-refractivity contribution in [2.45, 2.75) is 59.8 Å². The number of benzene rings is 1. The van der Waals surface area contributed by atoms with Gasteiger partial charge >= 0.3 is 0 Å². The van der Waals surface area contributed by atoms with Crippen molar-refractivity contribution < 1.29 is 0 Å². The summed E-state index contributed by atoms with van der Waals surface area (Å²) in [7, 11) is 0. The number of hydrogen-bond acceptors (Lipinski definition) is 4. The molecule has 1 rings (SSSR count). The number of rotatable bonds is 5. The van der Waals surface area contributed by atoms with Crippen LogP contribution in [-0.2, 0) is 13.1 Å². The van der Waals surface area contributed by atoms with Crippen LogP contribution in [0.5, 0.6) is 0 Å². The third kappa shape index (κ3) is 11.4. The van der Waals surface area contributed by atoms with Crippen molar-refractivity contribution in [1.82, 2.24) is 0 Å². The van der Waals surface area contributed by atoms with Gasteiger partial charge in [0.15, 0.2) is 0 Å². The van der Waals surface area contributed by atoms with Crippen molar-refractivity contribution in [3.63, 3.8) is 0 Å². The van der Waals surface area contributed by atoms with Crippen LogP contribution in [0, 0.1) is 11.3 Å². The predicted molar refractivity (Wildman–Crippen MR) is 92.2 cm³/mol. The zero-order valence-electron chi connectivity index (χ0n) is 14.1. The Morgan fingerprint density at radius 1 is 1.00 bits per heavy atom. The van der Waals surface area contributed by atoms with Crippen LogP contribution >= 0.6 is 0 Å². The van der Waals surface area contributed by atoms with Gasteiger partial charge in [0.05, 0.1) is 6.17 Å². The van der Waals surface area contributed by atoms with Gasteiger partial charge in [-0.25, -0.2) is 0 Å². The molecule has 4 nitrogen and oxygen atoms in total. The molecule has 21 heavy (non-hydrogen) atoms. The van der Waals surface area contributed by atoms with E-state index in [-0.39, 0.29) is 6.17 Å². The highest BCUT2D eigenvalue weighted by atomic mass is 14.8. The van der Waals surface area contributed by atoms with Crippen LogP contribution in [0.3, 0.4) is 0 Å².